The second-order valence-electron chi connectivity index (χ2n) is 3.90. The molecule has 0 heterocycles. The van der Waals surface area contributed by atoms with Gasteiger partial charge < -0.3 is 5.32 Å². The van der Waals surface area contributed by atoms with E-state index in [4.69, 9.17) is 0 Å². The van der Waals surface area contributed by atoms with Crippen molar-refractivity contribution in [3.8, 4) is 0 Å². The van der Waals surface area contributed by atoms with Crippen LogP contribution < -0.4 is 5.32 Å². The summed E-state index contributed by atoms with van der Waals surface area (Å²) in [7, 11) is 0. The molecule has 0 bridgehead atoms. The van der Waals surface area contributed by atoms with Gasteiger partial charge in [-0.2, -0.15) is 0 Å². The Balaban J connectivity index is 2.17. The topological polar surface area (TPSA) is 55.2 Å². The molecule has 0 aromatic heterocycles. The molecular formula is C13H10F2N2O2. The maximum absolute atomic E-state index is 13.0. The number of rotatable bonds is 4. The van der Waals surface area contributed by atoms with Crippen molar-refractivity contribution in [2.24, 2.45) is 0 Å². The van der Waals surface area contributed by atoms with E-state index in [2.05, 4.69) is 5.32 Å². The SMILES string of the molecule is O=[N+]([O-])c1cc(F)ccc1NCc1cccc(F)c1. The molecule has 0 saturated carbocycles. The number of nitro benzene ring substituents is 1. The lowest BCUT2D eigenvalue weighted by Gasteiger charge is -2.07. The Labute approximate surface area is 107 Å². The average molecular weight is 264 g/mol. The standard InChI is InChI=1S/C13H10F2N2O2/c14-10-3-1-2-9(6-10)8-16-12-5-4-11(15)7-13(12)17(18)19/h1-7,16H,8H2. The van der Waals surface area contributed by atoms with E-state index >= 15 is 0 Å². The van der Waals surface area contributed by atoms with Crippen LogP contribution in [0.5, 0.6) is 0 Å². The van der Waals surface area contributed by atoms with E-state index in [-0.39, 0.29) is 23.7 Å². The van der Waals surface area contributed by atoms with Gasteiger partial charge in [-0.05, 0) is 29.8 Å². The van der Waals surface area contributed by atoms with Crippen molar-refractivity contribution in [3.63, 3.8) is 0 Å². The van der Waals surface area contributed by atoms with Crippen LogP contribution in [0.15, 0.2) is 42.5 Å². The summed E-state index contributed by atoms with van der Waals surface area (Å²) in [6.45, 7) is 0.213. The molecule has 0 saturated heterocycles. The molecule has 4 nitrogen and oxygen atoms in total. The van der Waals surface area contributed by atoms with E-state index in [0.717, 1.165) is 12.1 Å². The summed E-state index contributed by atoms with van der Waals surface area (Å²) in [6, 6.07) is 9.12. The van der Waals surface area contributed by atoms with Crippen molar-refractivity contribution >= 4 is 11.4 Å². The third-order valence-corrected chi connectivity index (χ3v) is 2.53. The van der Waals surface area contributed by atoms with E-state index in [9.17, 15) is 18.9 Å². The third kappa shape index (κ3) is 3.25. The average Bonchev–Trinajstić information content (AvgIpc) is 2.37. The van der Waals surface area contributed by atoms with Gasteiger partial charge in [-0.25, -0.2) is 8.78 Å². The summed E-state index contributed by atoms with van der Waals surface area (Å²) in [5, 5.41) is 13.6. The van der Waals surface area contributed by atoms with Crippen LogP contribution >= 0.6 is 0 Å². The molecule has 1 N–H and O–H groups in total. The number of nitrogens with one attached hydrogen (secondary N) is 1. The fourth-order valence-corrected chi connectivity index (χ4v) is 1.65. The normalized spacial score (nSPS) is 10.2. The molecule has 0 amide bonds. The first-order valence-electron chi connectivity index (χ1n) is 5.48. The Bertz CT molecular complexity index is 617. The van der Waals surface area contributed by atoms with Gasteiger partial charge in [0.25, 0.3) is 5.69 Å². The van der Waals surface area contributed by atoms with E-state index < -0.39 is 10.7 Å². The summed E-state index contributed by atoms with van der Waals surface area (Å²) in [5.41, 5.74) is 0.477. The molecule has 0 aliphatic rings. The first kappa shape index (κ1) is 12.9. The molecule has 0 aliphatic heterocycles. The van der Waals surface area contributed by atoms with Gasteiger partial charge >= 0.3 is 0 Å². The Morgan fingerprint density at radius 2 is 1.84 bits per heavy atom. The molecule has 19 heavy (non-hydrogen) atoms. The molecular weight excluding hydrogens is 254 g/mol. The number of nitro groups is 1. The Hall–Kier alpha value is -2.50. The van der Waals surface area contributed by atoms with Crippen molar-refractivity contribution in [2.75, 3.05) is 5.32 Å². The van der Waals surface area contributed by atoms with Crippen LogP contribution in [0.1, 0.15) is 5.56 Å². The predicted molar refractivity (Wildman–Crippen MR) is 66.8 cm³/mol. The highest BCUT2D eigenvalue weighted by atomic mass is 19.1. The van der Waals surface area contributed by atoms with E-state index in [0.29, 0.717) is 5.56 Å². The zero-order valence-corrected chi connectivity index (χ0v) is 9.77. The molecule has 0 fully saturated rings. The number of nitrogens with zero attached hydrogens (tertiary/aromatic N) is 1. The molecule has 0 unspecified atom stereocenters. The van der Waals surface area contributed by atoms with Gasteiger partial charge in [0, 0.05) is 6.54 Å². The molecule has 0 radical (unpaired) electrons. The Morgan fingerprint density at radius 3 is 2.53 bits per heavy atom. The monoisotopic (exact) mass is 264 g/mol. The number of hydrogen-bond donors (Lipinski definition) is 1. The second kappa shape index (κ2) is 5.43. The quantitative estimate of drug-likeness (QED) is 0.679. The third-order valence-electron chi connectivity index (χ3n) is 2.53. The van der Waals surface area contributed by atoms with Crippen LogP contribution in [0.2, 0.25) is 0 Å². The van der Waals surface area contributed by atoms with Crippen molar-refractivity contribution in [3.05, 3.63) is 69.8 Å². The molecule has 2 rings (SSSR count). The zero-order chi connectivity index (χ0) is 13.8. The van der Waals surface area contributed by atoms with E-state index in [1.54, 1.807) is 12.1 Å². The van der Waals surface area contributed by atoms with Crippen LogP contribution in [-0.4, -0.2) is 4.92 Å². The fraction of sp³-hybridized carbons (Fsp3) is 0.0769. The molecule has 2 aromatic carbocycles. The maximum Gasteiger partial charge on any atom is 0.295 e. The van der Waals surface area contributed by atoms with Crippen LogP contribution in [-0.2, 0) is 6.54 Å². The first-order valence-corrected chi connectivity index (χ1v) is 5.48. The lowest BCUT2D eigenvalue weighted by atomic mass is 10.2. The minimum Gasteiger partial charge on any atom is -0.375 e. The molecule has 2 aromatic rings. The van der Waals surface area contributed by atoms with Crippen molar-refractivity contribution in [1.82, 2.24) is 0 Å². The second-order valence-corrected chi connectivity index (χ2v) is 3.90. The van der Waals surface area contributed by atoms with Crippen molar-refractivity contribution in [1.29, 1.82) is 0 Å². The largest absolute Gasteiger partial charge is 0.375 e. The smallest absolute Gasteiger partial charge is 0.295 e. The zero-order valence-electron chi connectivity index (χ0n) is 9.77. The van der Waals surface area contributed by atoms with Crippen molar-refractivity contribution in [2.45, 2.75) is 6.54 Å². The molecule has 0 spiro atoms. The highest BCUT2D eigenvalue weighted by molar-refractivity contribution is 5.61. The maximum atomic E-state index is 13.0. The number of halogens is 2. The van der Waals surface area contributed by atoms with Gasteiger partial charge in [-0.3, -0.25) is 10.1 Å². The van der Waals surface area contributed by atoms with E-state index in [1.807, 2.05) is 0 Å². The van der Waals surface area contributed by atoms with Crippen LogP contribution in [0, 0.1) is 21.7 Å². The molecule has 0 atom stereocenters. The number of hydrogen-bond acceptors (Lipinski definition) is 3. The lowest BCUT2D eigenvalue weighted by Crippen LogP contribution is -2.03. The van der Waals surface area contributed by atoms with Gasteiger partial charge in [0.1, 0.15) is 17.3 Å². The highest BCUT2D eigenvalue weighted by Crippen LogP contribution is 2.25. The van der Waals surface area contributed by atoms with Gasteiger partial charge in [-0.15, -0.1) is 0 Å². The van der Waals surface area contributed by atoms with Crippen LogP contribution in [0.25, 0.3) is 0 Å². The van der Waals surface area contributed by atoms with Crippen LogP contribution in [0.3, 0.4) is 0 Å². The molecule has 98 valence electrons. The van der Waals surface area contributed by atoms with E-state index in [1.165, 1.54) is 18.2 Å². The molecule has 6 heteroatoms. The summed E-state index contributed by atoms with van der Waals surface area (Å²) in [5.74, 6) is -1.06. The van der Waals surface area contributed by atoms with Crippen molar-refractivity contribution < 1.29 is 13.7 Å². The minimum atomic E-state index is -0.678. The first-order chi connectivity index (χ1) is 9.06. The fourth-order valence-electron chi connectivity index (χ4n) is 1.65. The number of benzene rings is 2. The number of anilines is 1. The summed E-state index contributed by atoms with van der Waals surface area (Å²) < 4.78 is 25.9. The van der Waals surface area contributed by atoms with Gasteiger partial charge in [-0.1, -0.05) is 12.1 Å². The molecule has 0 aliphatic carbocycles. The Morgan fingerprint density at radius 1 is 1.11 bits per heavy atom. The van der Waals surface area contributed by atoms with Gasteiger partial charge in [0.05, 0.1) is 11.0 Å². The summed E-state index contributed by atoms with van der Waals surface area (Å²) >= 11 is 0. The highest BCUT2D eigenvalue weighted by Gasteiger charge is 2.14. The summed E-state index contributed by atoms with van der Waals surface area (Å²) in [6.07, 6.45) is 0. The lowest BCUT2D eigenvalue weighted by molar-refractivity contribution is -0.384. The minimum absolute atomic E-state index is 0.190. The van der Waals surface area contributed by atoms with Gasteiger partial charge in [0.15, 0.2) is 0 Å². The summed E-state index contributed by atoms with van der Waals surface area (Å²) in [4.78, 5) is 10.1. The predicted octanol–water partition coefficient (Wildman–Crippen LogP) is 3.49. The van der Waals surface area contributed by atoms with Gasteiger partial charge in [0.2, 0.25) is 0 Å². The Kier molecular flexibility index (Phi) is 3.70. The van der Waals surface area contributed by atoms with Crippen LogP contribution in [0.4, 0.5) is 20.2 Å².